The van der Waals surface area contributed by atoms with Gasteiger partial charge in [-0.3, -0.25) is 9.59 Å². The maximum absolute atomic E-state index is 13.5. The number of carbonyl (C=O) groups excluding carboxylic acids is 2. The van der Waals surface area contributed by atoms with Crippen molar-refractivity contribution >= 4 is 34.4 Å². The number of nitrogens with one attached hydrogen (secondary N) is 2. The van der Waals surface area contributed by atoms with Gasteiger partial charge in [-0.25, -0.2) is 8.78 Å². The summed E-state index contributed by atoms with van der Waals surface area (Å²) in [5, 5.41) is 5.93. The topological polar surface area (TPSA) is 71.3 Å². The van der Waals surface area contributed by atoms with Gasteiger partial charge in [-0.2, -0.15) is 0 Å². The van der Waals surface area contributed by atoms with E-state index in [1.807, 2.05) is 0 Å². The predicted octanol–water partition coefficient (Wildman–Crippen LogP) is 3.58. The Balaban J connectivity index is 1.91. The molecule has 0 saturated heterocycles. The molecule has 0 saturated carbocycles. The molecule has 0 aliphatic heterocycles. The molecule has 0 fully saturated rings. The van der Waals surface area contributed by atoms with Crippen molar-refractivity contribution in [3.63, 3.8) is 0 Å². The average molecular weight is 379 g/mol. The standard InChI is InChI=1S/C18H13ClF2N2O3/c1-22-18(25)16(9-2-4-12(20)13(21)7-9)23-17(24)15-8-10-6-11(19)3-5-14(10)26-15/h2-8,16H,1H3,(H,22,25)(H,23,24). The van der Waals surface area contributed by atoms with Crippen LogP contribution in [0.1, 0.15) is 22.2 Å². The molecule has 3 aromatic rings. The smallest absolute Gasteiger partial charge is 0.287 e. The third-order valence-electron chi connectivity index (χ3n) is 3.76. The first-order valence-electron chi connectivity index (χ1n) is 7.55. The van der Waals surface area contributed by atoms with Gasteiger partial charge in [0, 0.05) is 17.5 Å². The fraction of sp³-hybridized carbons (Fsp3) is 0.111. The largest absolute Gasteiger partial charge is 0.451 e. The molecule has 1 unspecified atom stereocenters. The van der Waals surface area contributed by atoms with Crippen molar-refractivity contribution in [3.8, 4) is 0 Å². The molecule has 1 heterocycles. The van der Waals surface area contributed by atoms with Crippen LogP contribution in [-0.2, 0) is 4.79 Å². The quantitative estimate of drug-likeness (QED) is 0.729. The average Bonchev–Trinajstić information content (AvgIpc) is 3.04. The van der Waals surface area contributed by atoms with E-state index in [4.69, 9.17) is 16.0 Å². The Kier molecular flexibility index (Phi) is 4.90. The zero-order valence-electron chi connectivity index (χ0n) is 13.5. The maximum atomic E-state index is 13.5. The van der Waals surface area contributed by atoms with Crippen molar-refractivity contribution < 1.29 is 22.8 Å². The lowest BCUT2D eigenvalue weighted by atomic mass is 10.1. The van der Waals surface area contributed by atoms with Crippen LogP contribution in [0.4, 0.5) is 8.78 Å². The minimum Gasteiger partial charge on any atom is -0.451 e. The summed E-state index contributed by atoms with van der Waals surface area (Å²) in [4.78, 5) is 24.6. The van der Waals surface area contributed by atoms with Gasteiger partial charge in [-0.15, -0.1) is 0 Å². The molecule has 5 nitrogen and oxygen atoms in total. The summed E-state index contributed by atoms with van der Waals surface area (Å²) in [7, 11) is 1.37. The lowest BCUT2D eigenvalue weighted by Gasteiger charge is -2.17. The zero-order chi connectivity index (χ0) is 18.8. The Morgan fingerprint density at radius 3 is 2.54 bits per heavy atom. The molecule has 2 amide bonds. The lowest BCUT2D eigenvalue weighted by molar-refractivity contribution is -0.122. The first kappa shape index (κ1) is 17.9. The summed E-state index contributed by atoms with van der Waals surface area (Å²) < 4.78 is 32.1. The van der Waals surface area contributed by atoms with Gasteiger partial charge in [0.05, 0.1) is 0 Å². The molecule has 2 N–H and O–H groups in total. The third-order valence-corrected chi connectivity index (χ3v) is 4.00. The molecular formula is C18H13ClF2N2O3. The predicted molar refractivity (Wildman–Crippen MR) is 91.9 cm³/mol. The van der Waals surface area contributed by atoms with Crippen LogP contribution < -0.4 is 10.6 Å². The van der Waals surface area contributed by atoms with E-state index < -0.39 is 29.5 Å². The monoisotopic (exact) mass is 378 g/mol. The zero-order valence-corrected chi connectivity index (χ0v) is 14.2. The molecule has 1 atom stereocenters. The van der Waals surface area contributed by atoms with Crippen LogP contribution in [0.15, 0.2) is 46.9 Å². The summed E-state index contributed by atoms with van der Waals surface area (Å²) in [5.74, 6) is -3.49. The molecule has 2 aromatic carbocycles. The van der Waals surface area contributed by atoms with Crippen molar-refractivity contribution in [2.24, 2.45) is 0 Å². The number of rotatable bonds is 4. The molecule has 0 aliphatic rings. The fourth-order valence-corrected chi connectivity index (χ4v) is 2.65. The molecule has 0 bridgehead atoms. The second kappa shape index (κ2) is 7.13. The Labute approximate surface area is 151 Å². The van der Waals surface area contributed by atoms with Gasteiger partial charge in [0.2, 0.25) is 5.91 Å². The van der Waals surface area contributed by atoms with Crippen LogP contribution >= 0.6 is 11.6 Å². The van der Waals surface area contributed by atoms with E-state index in [0.717, 1.165) is 12.1 Å². The van der Waals surface area contributed by atoms with E-state index in [0.29, 0.717) is 16.0 Å². The van der Waals surface area contributed by atoms with Crippen LogP contribution in [0.25, 0.3) is 11.0 Å². The second-order valence-electron chi connectivity index (χ2n) is 5.49. The Bertz CT molecular complexity index is 1000. The fourth-order valence-electron chi connectivity index (χ4n) is 2.46. The van der Waals surface area contributed by atoms with Crippen LogP contribution in [0.2, 0.25) is 5.02 Å². The molecule has 134 valence electrons. The minimum absolute atomic E-state index is 0.0428. The molecule has 26 heavy (non-hydrogen) atoms. The third kappa shape index (κ3) is 3.52. The highest BCUT2D eigenvalue weighted by Gasteiger charge is 2.25. The highest BCUT2D eigenvalue weighted by molar-refractivity contribution is 6.31. The summed E-state index contributed by atoms with van der Waals surface area (Å²) in [6.45, 7) is 0. The Morgan fingerprint density at radius 2 is 1.85 bits per heavy atom. The molecular weight excluding hydrogens is 366 g/mol. The summed E-state index contributed by atoms with van der Waals surface area (Å²) in [6, 6.07) is 8.06. The first-order valence-corrected chi connectivity index (χ1v) is 7.93. The highest BCUT2D eigenvalue weighted by atomic mass is 35.5. The molecule has 3 rings (SSSR count). The van der Waals surface area contributed by atoms with Crippen LogP contribution in [0.3, 0.4) is 0 Å². The number of hydrogen-bond donors (Lipinski definition) is 2. The van der Waals surface area contributed by atoms with E-state index in [1.54, 1.807) is 18.2 Å². The number of benzene rings is 2. The van der Waals surface area contributed by atoms with E-state index in [9.17, 15) is 18.4 Å². The van der Waals surface area contributed by atoms with Gasteiger partial charge >= 0.3 is 0 Å². The van der Waals surface area contributed by atoms with Crippen molar-refractivity contribution in [2.75, 3.05) is 7.05 Å². The van der Waals surface area contributed by atoms with Crippen molar-refractivity contribution in [2.45, 2.75) is 6.04 Å². The Hall–Kier alpha value is -2.93. The van der Waals surface area contributed by atoms with Gasteiger partial charge in [0.25, 0.3) is 5.91 Å². The minimum atomic E-state index is -1.22. The van der Waals surface area contributed by atoms with Crippen LogP contribution in [-0.4, -0.2) is 18.9 Å². The van der Waals surface area contributed by atoms with Crippen molar-refractivity contribution in [1.82, 2.24) is 10.6 Å². The molecule has 1 aromatic heterocycles. The number of halogens is 3. The van der Waals surface area contributed by atoms with Crippen LogP contribution in [0, 0.1) is 11.6 Å². The van der Waals surface area contributed by atoms with Crippen LogP contribution in [0.5, 0.6) is 0 Å². The van der Waals surface area contributed by atoms with Crippen molar-refractivity contribution in [1.29, 1.82) is 0 Å². The number of likely N-dealkylation sites (N-methyl/N-ethyl adjacent to an activating group) is 1. The van der Waals surface area contributed by atoms with E-state index in [-0.39, 0.29) is 11.3 Å². The summed E-state index contributed by atoms with van der Waals surface area (Å²) in [6.07, 6.45) is 0. The van der Waals surface area contributed by atoms with Gasteiger partial charge in [-0.1, -0.05) is 17.7 Å². The van der Waals surface area contributed by atoms with E-state index >= 15 is 0 Å². The number of amides is 2. The number of carbonyl (C=O) groups is 2. The maximum Gasteiger partial charge on any atom is 0.287 e. The van der Waals surface area contributed by atoms with E-state index in [2.05, 4.69) is 10.6 Å². The number of furan rings is 1. The van der Waals surface area contributed by atoms with Gasteiger partial charge in [0.15, 0.2) is 17.4 Å². The normalized spacial score (nSPS) is 12.0. The van der Waals surface area contributed by atoms with Gasteiger partial charge in [-0.05, 0) is 42.0 Å². The molecule has 0 radical (unpaired) electrons. The summed E-state index contributed by atoms with van der Waals surface area (Å²) >= 11 is 5.90. The van der Waals surface area contributed by atoms with Gasteiger partial charge < -0.3 is 15.1 Å². The highest BCUT2D eigenvalue weighted by Crippen LogP contribution is 2.24. The first-order chi connectivity index (χ1) is 12.4. The SMILES string of the molecule is CNC(=O)C(NC(=O)c1cc2cc(Cl)ccc2o1)c1ccc(F)c(F)c1. The van der Waals surface area contributed by atoms with Crippen molar-refractivity contribution in [3.05, 3.63) is 70.4 Å². The lowest BCUT2D eigenvalue weighted by Crippen LogP contribution is -2.39. The van der Waals surface area contributed by atoms with E-state index in [1.165, 1.54) is 19.2 Å². The molecule has 8 heteroatoms. The van der Waals surface area contributed by atoms with Gasteiger partial charge in [0.1, 0.15) is 11.6 Å². The number of fused-ring (bicyclic) bond motifs is 1. The molecule has 0 aliphatic carbocycles. The Morgan fingerprint density at radius 1 is 1.08 bits per heavy atom. The molecule has 0 spiro atoms. The second-order valence-corrected chi connectivity index (χ2v) is 5.92. The summed E-state index contributed by atoms with van der Waals surface area (Å²) in [5.41, 5.74) is 0.541. The number of hydrogen-bond acceptors (Lipinski definition) is 3.